The number of nitrogens with zero attached hydrogens (tertiary/aromatic N) is 5. The van der Waals surface area contributed by atoms with Crippen molar-refractivity contribution in [3.05, 3.63) is 66.5 Å². The zero-order valence-corrected chi connectivity index (χ0v) is 15.5. The summed E-state index contributed by atoms with van der Waals surface area (Å²) in [7, 11) is 0. The number of nitrogens with one attached hydrogen (secondary N) is 1. The third kappa shape index (κ3) is 2.94. The van der Waals surface area contributed by atoms with Crippen molar-refractivity contribution in [2.45, 2.75) is 19.4 Å². The Balaban J connectivity index is 1.31. The summed E-state index contributed by atoms with van der Waals surface area (Å²) in [4.78, 5) is 28.1. The summed E-state index contributed by atoms with van der Waals surface area (Å²) in [5.41, 5.74) is 3.00. The summed E-state index contributed by atoms with van der Waals surface area (Å²) in [6.45, 7) is 3.59. The molecule has 0 unspecified atom stereocenters. The SMILES string of the molecule is Cc1ccc2nc(C(=O)N[C@H]3CCN(c4nccn5cccc45)C3)ncc2c1. The van der Waals surface area contributed by atoms with Gasteiger partial charge in [-0.05, 0) is 37.6 Å². The van der Waals surface area contributed by atoms with Gasteiger partial charge in [-0.25, -0.2) is 15.0 Å². The Morgan fingerprint density at radius 1 is 1.21 bits per heavy atom. The molecule has 1 amide bonds. The molecule has 1 aromatic carbocycles. The fraction of sp³-hybridized carbons (Fsp3) is 0.238. The predicted molar refractivity (Wildman–Crippen MR) is 108 cm³/mol. The minimum absolute atomic E-state index is 0.0434. The lowest BCUT2D eigenvalue weighted by Gasteiger charge is -2.19. The number of aryl methyl sites for hydroxylation is 1. The number of carbonyl (C=O) groups is 1. The maximum absolute atomic E-state index is 12.7. The second-order valence-corrected chi connectivity index (χ2v) is 7.21. The van der Waals surface area contributed by atoms with Crippen molar-refractivity contribution in [1.82, 2.24) is 24.7 Å². The van der Waals surface area contributed by atoms with Crippen LogP contribution in [0.4, 0.5) is 5.82 Å². The number of aromatic nitrogens is 4. The first kappa shape index (κ1) is 16.7. The van der Waals surface area contributed by atoms with Crippen molar-refractivity contribution >= 4 is 28.1 Å². The van der Waals surface area contributed by atoms with Gasteiger partial charge in [0, 0.05) is 49.3 Å². The molecule has 1 aliphatic rings. The van der Waals surface area contributed by atoms with E-state index in [0.717, 1.165) is 47.3 Å². The van der Waals surface area contributed by atoms with E-state index in [1.54, 1.807) is 12.4 Å². The van der Waals surface area contributed by atoms with Crippen molar-refractivity contribution in [3.8, 4) is 0 Å². The van der Waals surface area contributed by atoms with Gasteiger partial charge in [-0.1, -0.05) is 11.6 Å². The number of hydrogen-bond acceptors (Lipinski definition) is 5. The number of rotatable bonds is 3. The first-order chi connectivity index (χ1) is 13.7. The summed E-state index contributed by atoms with van der Waals surface area (Å²) in [6, 6.07) is 10.0. The summed E-state index contributed by atoms with van der Waals surface area (Å²) in [5.74, 6) is 0.923. The van der Waals surface area contributed by atoms with Crippen LogP contribution in [0.5, 0.6) is 0 Å². The molecule has 5 rings (SSSR count). The van der Waals surface area contributed by atoms with E-state index in [1.165, 1.54) is 0 Å². The highest BCUT2D eigenvalue weighted by atomic mass is 16.2. The fourth-order valence-corrected chi connectivity index (χ4v) is 3.78. The van der Waals surface area contributed by atoms with E-state index >= 15 is 0 Å². The van der Waals surface area contributed by atoms with E-state index in [0.29, 0.717) is 0 Å². The van der Waals surface area contributed by atoms with Gasteiger partial charge in [-0.15, -0.1) is 0 Å². The van der Waals surface area contributed by atoms with Gasteiger partial charge in [0.1, 0.15) is 0 Å². The monoisotopic (exact) mass is 372 g/mol. The Kier molecular flexibility index (Phi) is 3.93. The molecule has 0 spiro atoms. The number of amides is 1. The third-order valence-corrected chi connectivity index (χ3v) is 5.19. The van der Waals surface area contributed by atoms with Crippen molar-refractivity contribution in [2.75, 3.05) is 18.0 Å². The zero-order chi connectivity index (χ0) is 19.1. The highest BCUT2D eigenvalue weighted by Crippen LogP contribution is 2.23. The van der Waals surface area contributed by atoms with E-state index in [4.69, 9.17) is 0 Å². The van der Waals surface area contributed by atoms with Gasteiger partial charge in [0.25, 0.3) is 5.91 Å². The number of carbonyl (C=O) groups excluding carboxylic acids is 1. The van der Waals surface area contributed by atoms with E-state index in [2.05, 4.69) is 35.6 Å². The largest absolute Gasteiger partial charge is 0.353 e. The van der Waals surface area contributed by atoms with Crippen molar-refractivity contribution < 1.29 is 4.79 Å². The predicted octanol–water partition coefficient (Wildman–Crippen LogP) is 2.59. The highest BCUT2D eigenvalue weighted by Gasteiger charge is 2.27. The molecule has 4 heterocycles. The topological polar surface area (TPSA) is 75.4 Å². The quantitative estimate of drug-likeness (QED) is 0.598. The van der Waals surface area contributed by atoms with Crippen LogP contribution in [0.2, 0.25) is 0 Å². The Labute approximate surface area is 162 Å². The molecule has 0 radical (unpaired) electrons. The molecular weight excluding hydrogens is 352 g/mol. The Morgan fingerprint density at radius 2 is 2.14 bits per heavy atom. The lowest BCUT2D eigenvalue weighted by Crippen LogP contribution is -2.38. The van der Waals surface area contributed by atoms with Crippen molar-refractivity contribution in [2.24, 2.45) is 0 Å². The molecule has 1 atom stereocenters. The molecule has 0 bridgehead atoms. The lowest BCUT2D eigenvalue weighted by molar-refractivity contribution is 0.0930. The smallest absolute Gasteiger partial charge is 0.289 e. The molecule has 7 nitrogen and oxygen atoms in total. The van der Waals surface area contributed by atoms with Crippen LogP contribution in [0.1, 0.15) is 22.6 Å². The minimum Gasteiger partial charge on any atom is -0.353 e. The number of benzene rings is 1. The molecule has 3 aromatic heterocycles. The van der Waals surface area contributed by atoms with E-state index in [1.807, 2.05) is 43.6 Å². The third-order valence-electron chi connectivity index (χ3n) is 5.19. The molecule has 4 aromatic rings. The van der Waals surface area contributed by atoms with Crippen LogP contribution in [0.3, 0.4) is 0 Å². The Bertz CT molecular complexity index is 1180. The molecule has 1 fully saturated rings. The molecule has 0 aliphatic carbocycles. The van der Waals surface area contributed by atoms with Gasteiger partial charge in [0.2, 0.25) is 5.82 Å². The van der Waals surface area contributed by atoms with Gasteiger partial charge in [-0.3, -0.25) is 4.79 Å². The molecule has 7 heteroatoms. The zero-order valence-electron chi connectivity index (χ0n) is 15.5. The molecule has 28 heavy (non-hydrogen) atoms. The van der Waals surface area contributed by atoms with Crippen molar-refractivity contribution in [3.63, 3.8) is 0 Å². The summed E-state index contributed by atoms with van der Waals surface area (Å²) >= 11 is 0. The first-order valence-corrected chi connectivity index (χ1v) is 9.38. The molecule has 1 aliphatic heterocycles. The van der Waals surface area contributed by atoms with Gasteiger partial charge < -0.3 is 14.6 Å². The normalized spacial score (nSPS) is 16.8. The van der Waals surface area contributed by atoms with Crippen LogP contribution in [0.15, 0.2) is 55.1 Å². The molecule has 140 valence electrons. The van der Waals surface area contributed by atoms with Gasteiger partial charge in [0.05, 0.1) is 11.0 Å². The summed E-state index contributed by atoms with van der Waals surface area (Å²) in [6.07, 6.45) is 8.32. The number of fused-ring (bicyclic) bond motifs is 2. The van der Waals surface area contributed by atoms with Crippen LogP contribution in [0, 0.1) is 6.92 Å². The first-order valence-electron chi connectivity index (χ1n) is 9.38. The Hall–Kier alpha value is -3.48. The van der Waals surface area contributed by atoms with Crippen LogP contribution < -0.4 is 10.2 Å². The van der Waals surface area contributed by atoms with Crippen LogP contribution >= 0.6 is 0 Å². The number of hydrogen-bond donors (Lipinski definition) is 1. The van der Waals surface area contributed by atoms with E-state index in [9.17, 15) is 4.79 Å². The molecule has 0 saturated carbocycles. The average molecular weight is 372 g/mol. The molecular formula is C21H20N6O. The average Bonchev–Trinajstić information content (AvgIpc) is 3.36. The number of anilines is 1. The fourth-order valence-electron chi connectivity index (χ4n) is 3.78. The van der Waals surface area contributed by atoms with Crippen LogP contribution in [-0.4, -0.2) is 44.4 Å². The van der Waals surface area contributed by atoms with Crippen molar-refractivity contribution in [1.29, 1.82) is 0 Å². The summed E-state index contributed by atoms with van der Waals surface area (Å²) < 4.78 is 2.05. The van der Waals surface area contributed by atoms with Crippen LogP contribution in [-0.2, 0) is 0 Å². The van der Waals surface area contributed by atoms with E-state index < -0.39 is 0 Å². The van der Waals surface area contributed by atoms with Crippen LogP contribution in [0.25, 0.3) is 16.4 Å². The summed E-state index contributed by atoms with van der Waals surface area (Å²) in [5, 5.41) is 4.01. The second kappa shape index (κ2) is 6.60. The minimum atomic E-state index is -0.233. The Morgan fingerprint density at radius 3 is 3.07 bits per heavy atom. The molecule has 1 N–H and O–H groups in total. The van der Waals surface area contributed by atoms with Gasteiger partial charge in [-0.2, -0.15) is 0 Å². The van der Waals surface area contributed by atoms with Gasteiger partial charge in [0.15, 0.2) is 5.82 Å². The standard InChI is InChI=1S/C21H20N6O/c1-14-4-5-17-15(11-14)12-23-19(25-17)21(28)24-16-6-9-27(13-16)20-18-3-2-8-26(18)10-7-22-20/h2-5,7-8,10-12,16H,6,9,13H2,1H3,(H,24,28)/t16-/m0/s1. The van der Waals surface area contributed by atoms with Gasteiger partial charge >= 0.3 is 0 Å². The maximum atomic E-state index is 12.7. The maximum Gasteiger partial charge on any atom is 0.289 e. The lowest BCUT2D eigenvalue weighted by atomic mass is 10.2. The van der Waals surface area contributed by atoms with E-state index in [-0.39, 0.29) is 17.8 Å². The molecule has 1 saturated heterocycles. The second-order valence-electron chi connectivity index (χ2n) is 7.21. The highest BCUT2D eigenvalue weighted by molar-refractivity contribution is 5.93.